The zero-order valence-corrected chi connectivity index (χ0v) is 17.2. The highest BCUT2D eigenvalue weighted by molar-refractivity contribution is 6.30. The third-order valence-electron chi connectivity index (χ3n) is 4.93. The van der Waals surface area contributed by atoms with Crippen molar-refractivity contribution in [3.8, 4) is 5.75 Å². The van der Waals surface area contributed by atoms with Gasteiger partial charge in [-0.25, -0.2) is 5.43 Å². The van der Waals surface area contributed by atoms with E-state index in [0.29, 0.717) is 10.8 Å². The number of anilines is 1. The number of carbonyl (C=O) groups excluding carboxylic acids is 1. The van der Waals surface area contributed by atoms with Crippen molar-refractivity contribution in [2.24, 2.45) is 5.10 Å². The van der Waals surface area contributed by atoms with Crippen LogP contribution in [0.15, 0.2) is 59.3 Å². The quantitative estimate of drug-likeness (QED) is 0.599. The Morgan fingerprint density at radius 2 is 2.04 bits per heavy atom. The van der Waals surface area contributed by atoms with Gasteiger partial charge < -0.3 is 9.64 Å². The Morgan fingerprint density at radius 3 is 2.75 bits per heavy atom. The summed E-state index contributed by atoms with van der Waals surface area (Å²) in [7, 11) is 2.04. The van der Waals surface area contributed by atoms with E-state index in [4.69, 9.17) is 16.3 Å². The summed E-state index contributed by atoms with van der Waals surface area (Å²) in [5, 5.41) is 4.65. The van der Waals surface area contributed by atoms with Gasteiger partial charge in [0, 0.05) is 35.1 Å². The molecule has 2 aromatic rings. The third kappa shape index (κ3) is 4.04. The highest BCUT2D eigenvalue weighted by Gasteiger charge is 2.37. The first kappa shape index (κ1) is 20.0. The van der Waals surface area contributed by atoms with Gasteiger partial charge in [0.25, 0.3) is 5.91 Å². The van der Waals surface area contributed by atoms with Gasteiger partial charge in [0.05, 0.1) is 0 Å². The number of carbonyl (C=O) groups is 1. The molecule has 1 heterocycles. The molecule has 1 N–H and O–H groups in total. The van der Waals surface area contributed by atoms with E-state index in [0.717, 1.165) is 11.3 Å². The van der Waals surface area contributed by atoms with E-state index in [1.807, 2.05) is 32.2 Å². The van der Waals surface area contributed by atoms with Crippen molar-refractivity contribution < 1.29 is 9.53 Å². The van der Waals surface area contributed by atoms with E-state index in [2.05, 4.69) is 41.4 Å². The van der Waals surface area contributed by atoms with Crippen LogP contribution in [0.5, 0.6) is 5.75 Å². The lowest BCUT2D eigenvalue weighted by Crippen LogP contribution is -2.25. The molecule has 6 heteroatoms. The van der Waals surface area contributed by atoms with Gasteiger partial charge in [-0.15, -0.1) is 0 Å². The van der Waals surface area contributed by atoms with Crippen LogP contribution in [0.4, 0.5) is 5.69 Å². The summed E-state index contributed by atoms with van der Waals surface area (Å²) in [6.07, 6.45) is 3.52. The molecule has 0 aromatic heterocycles. The monoisotopic (exact) mass is 397 g/mol. The number of para-hydroxylation sites is 1. The predicted molar refractivity (Wildman–Crippen MR) is 114 cm³/mol. The fourth-order valence-corrected chi connectivity index (χ4v) is 3.70. The maximum atomic E-state index is 12.0. The Balaban J connectivity index is 1.58. The Bertz CT molecular complexity index is 951. The summed E-state index contributed by atoms with van der Waals surface area (Å²) in [5.74, 6) is 0.295. The molecule has 0 aliphatic carbocycles. The number of hydrogen-bond donors (Lipinski definition) is 1. The summed E-state index contributed by atoms with van der Waals surface area (Å²) in [6, 6.07) is 13.6. The maximum Gasteiger partial charge on any atom is 0.277 e. The Hall–Kier alpha value is -2.79. The normalized spacial score (nSPS) is 16.5. The van der Waals surface area contributed by atoms with Crippen molar-refractivity contribution in [1.82, 2.24) is 5.43 Å². The van der Waals surface area contributed by atoms with E-state index < -0.39 is 0 Å². The van der Waals surface area contributed by atoms with Gasteiger partial charge in [0.2, 0.25) is 0 Å². The highest BCUT2D eigenvalue weighted by Crippen LogP contribution is 2.46. The number of ether oxygens (including phenoxy) is 1. The molecule has 5 nitrogen and oxygen atoms in total. The molecule has 1 aliphatic rings. The second-order valence-electron chi connectivity index (χ2n) is 7.26. The number of nitrogens with zero attached hydrogens (tertiary/aromatic N) is 2. The van der Waals surface area contributed by atoms with Crippen LogP contribution >= 0.6 is 11.6 Å². The van der Waals surface area contributed by atoms with Gasteiger partial charge in [0.15, 0.2) is 6.61 Å². The van der Waals surface area contributed by atoms with Crippen LogP contribution in [0.3, 0.4) is 0 Å². The molecule has 0 saturated carbocycles. The average molecular weight is 398 g/mol. The smallest absolute Gasteiger partial charge is 0.277 e. The Kier molecular flexibility index (Phi) is 5.75. The summed E-state index contributed by atoms with van der Waals surface area (Å²) in [4.78, 5) is 14.1. The number of benzene rings is 2. The molecule has 2 aromatic carbocycles. The SMILES string of the molecule is Cc1cc(Cl)ccc1OCC(=O)N/N=C\C=C1\N(C)c2ccccc2C1(C)C. The van der Waals surface area contributed by atoms with Gasteiger partial charge >= 0.3 is 0 Å². The van der Waals surface area contributed by atoms with Crippen LogP contribution in [-0.4, -0.2) is 25.8 Å². The fraction of sp³-hybridized carbons (Fsp3) is 0.273. The molecule has 0 saturated heterocycles. The lowest BCUT2D eigenvalue weighted by Gasteiger charge is -2.23. The van der Waals surface area contributed by atoms with Gasteiger partial charge in [-0.3, -0.25) is 4.79 Å². The number of rotatable bonds is 5. The second-order valence-corrected chi connectivity index (χ2v) is 7.70. The first-order valence-electron chi connectivity index (χ1n) is 9.05. The largest absolute Gasteiger partial charge is 0.483 e. The number of halogens is 1. The summed E-state index contributed by atoms with van der Waals surface area (Å²) in [6.45, 7) is 6.11. The van der Waals surface area contributed by atoms with E-state index in [1.54, 1.807) is 24.4 Å². The third-order valence-corrected chi connectivity index (χ3v) is 5.17. The van der Waals surface area contributed by atoms with Gasteiger partial charge in [0.1, 0.15) is 5.75 Å². The molecule has 0 atom stereocenters. The van der Waals surface area contributed by atoms with E-state index in [-0.39, 0.29) is 17.9 Å². The van der Waals surface area contributed by atoms with Crippen molar-refractivity contribution >= 4 is 29.4 Å². The number of hydrazone groups is 1. The van der Waals surface area contributed by atoms with Gasteiger partial charge in [-0.05, 0) is 48.4 Å². The van der Waals surface area contributed by atoms with E-state index in [1.165, 1.54) is 11.3 Å². The van der Waals surface area contributed by atoms with Crippen LogP contribution in [0, 0.1) is 6.92 Å². The molecule has 3 rings (SSSR count). The first-order valence-corrected chi connectivity index (χ1v) is 9.43. The van der Waals surface area contributed by atoms with Gasteiger partial charge in [-0.2, -0.15) is 5.10 Å². The average Bonchev–Trinajstić information content (AvgIpc) is 2.85. The molecule has 0 fully saturated rings. The minimum Gasteiger partial charge on any atom is -0.483 e. The zero-order valence-electron chi connectivity index (χ0n) is 16.5. The summed E-state index contributed by atoms with van der Waals surface area (Å²) in [5.41, 5.74) is 6.80. The highest BCUT2D eigenvalue weighted by atomic mass is 35.5. The molecule has 1 amide bonds. The van der Waals surface area contributed by atoms with Crippen LogP contribution in [-0.2, 0) is 10.2 Å². The topological polar surface area (TPSA) is 53.9 Å². The molecule has 0 bridgehead atoms. The van der Waals surface area contributed by atoms with Crippen molar-refractivity contribution in [1.29, 1.82) is 0 Å². The number of hydrogen-bond acceptors (Lipinski definition) is 4. The standard InChI is InChI=1S/C22H24ClN3O2/c1-15-13-16(23)9-10-19(15)28-14-21(27)25-24-12-11-20-22(2,3)17-7-5-6-8-18(17)26(20)4/h5-13H,14H2,1-4H3,(H,25,27)/b20-11+,24-12-. The van der Waals surface area contributed by atoms with Crippen molar-refractivity contribution in [3.63, 3.8) is 0 Å². The minimum atomic E-state index is -0.327. The number of nitrogens with one attached hydrogen (secondary N) is 1. The number of likely N-dealkylation sites (N-methyl/N-ethyl adjacent to an activating group) is 1. The lowest BCUT2D eigenvalue weighted by molar-refractivity contribution is -0.123. The van der Waals surface area contributed by atoms with Crippen LogP contribution in [0.1, 0.15) is 25.0 Å². The number of allylic oxidation sites excluding steroid dienone is 2. The number of amides is 1. The minimum absolute atomic E-state index is 0.118. The van der Waals surface area contributed by atoms with Gasteiger partial charge in [-0.1, -0.05) is 43.6 Å². The number of aryl methyl sites for hydroxylation is 1. The fourth-order valence-electron chi connectivity index (χ4n) is 3.47. The molecular formula is C22H24ClN3O2. The molecule has 0 spiro atoms. The molecule has 0 unspecified atom stereocenters. The Morgan fingerprint density at radius 1 is 1.29 bits per heavy atom. The summed E-state index contributed by atoms with van der Waals surface area (Å²) < 4.78 is 5.51. The first-order chi connectivity index (χ1) is 13.3. The molecule has 28 heavy (non-hydrogen) atoms. The van der Waals surface area contributed by atoms with Crippen molar-refractivity contribution in [2.45, 2.75) is 26.2 Å². The Labute approximate surface area is 170 Å². The van der Waals surface area contributed by atoms with Crippen molar-refractivity contribution in [3.05, 3.63) is 70.4 Å². The van der Waals surface area contributed by atoms with Crippen molar-refractivity contribution in [2.75, 3.05) is 18.6 Å². The molecular weight excluding hydrogens is 374 g/mol. The summed E-state index contributed by atoms with van der Waals surface area (Å²) >= 11 is 5.92. The van der Waals surface area contributed by atoms with E-state index in [9.17, 15) is 4.79 Å². The molecule has 1 aliphatic heterocycles. The van der Waals surface area contributed by atoms with Crippen LogP contribution < -0.4 is 15.1 Å². The van der Waals surface area contributed by atoms with E-state index >= 15 is 0 Å². The maximum absolute atomic E-state index is 12.0. The lowest BCUT2D eigenvalue weighted by atomic mass is 9.84. The molecule has 0 radical (unpaired) electrons. The molecule has 146 valence electrons. The zero-order chi connectivity index (χ0) is 20.3. The predicted octanol–water partition coefficient (Wildman–Crippen LogP) is 4.44. The van der Waals surface area contributed by atoms with Crippen LogP contribution in [0.2, 0.25) is 5.02 Å². The second kappa shape index (κ2) is 8.07. The van der Waals surface area contributed by atoms with Crippen LogP contribution in [0.25, 0.3) is 0 Å². The number of fused-ring (bicyclic) bond motifs is 1.